The van der Waals surface area contributed by atoms with Gasteiger partial charge in [0.15, 0.2) is 0 Å². The van der Waals surface area contributed by atoms with Crippen LogP contribution in [0.25, 0.3) is 10.9 Å². The molecule has 0 spiro atoms. The van der Waals surface area contributed by atoms with Crippen LogP contribution in [0, 0.1) is 5.82 Å². The van der Waals surface area contributed by atoms with Gasteiger partial charge < -0.3 is 10.6 Å². The number of nitrogens with zero attached hydrogens (tertiary/aromatic N) is 2. The molecule has 3 aromatic rings. The van der Waals surface area contributed by atoms with E-state index in [9.17, 15) is 4.39 Å². The summed E-state index contributed by atoms with van der Waals surface area (Å²) in [6, 6.07) is 14.2. The van der Waals surface area contributed by atoms with Gasteiger partial charge in [0.2, 0.25) is 0 Å². The molecular formula is C17H16FN3. The number of hydrogen-bond acceptors (Lipinski definition) is 3. The molecule has 21 heavy (non-hydrogen) atoms. The summed E-state index contributed by atoms with van der Waals surface area (Å²) in [4.78, 5) is 6.39. The van der Waals surface area contributed by atoms with Gasteiger partial charge in [0, 0.05) is 23.8 Å². The molecule has 4 heteroatoms. The molecule has 0 saturated carbocycles. The van der Waals surface area contributed by atoms with Crippen molar-refractivity contribution in [2.75, 3.05) is 17.2 Å². The maximum Gasteiger partial charge on any atom is 0.125 e. The molecule has 0 atom stereocenters. The van der Waals surface area contributed by atoms with Crippen molar-refractivity contribution in [1.29, 1.82) is 0 Å². The van der Waals surface area contributed by atoms with Gasteiger partial charge in [-0.1, -0.05) is 6.07 Å². The normalized spacial score (nSPS) is 10.8. The van der Waals surface area contributed by atoms with Gasteiger partial charge in [-0.05, 0) is 49.4 Å². The fourth-order valence-electron chi connectivity index (χ4n) is 2.55. The Balaban J connectivity index is 2.20. The smallest absolute Gasteiger partial charge is 0.125 e. The van der Waals surface area contributed by atoms with Crippen LogP contribution in [0.15, 0.2) is 54.7 Å². The Morgan fingerprint density at radius 2 is 2.00 bits per heavy atom. The zero-order valence-corrected chi connectivity index (χ0v) is 11.8. The number of anilines is 3. The fourth-order valence-corrected chi connectivity index (χ4v) is 2.55. The monoisotopic (exact) mass is 281 g/mol. The topological polar surface area (TPSA) is 42.1 Å². The van der Waals surface area contributed by atoms with Gasteiger partial charge in [0.1, 0.15) is 5.82 Å². The van der Waals surface area contributed by atoms with Crippen molar-refractivity contribution in [3.63, 3.8) is 0 Å². The molecule has 0 radical (unpaired) electrons. The van der Waals surface area contributed by atoms with Gasteiger partial charge in [0.25, 0.3) is 0 Å². The number of nitrogens with two attached hydrogens (primary N) is 1. The summed E-state index contributed by atoms with van der Waals surface area (Å²) in [5, 5.41) is 0.962. The molecule has 0 aliphatic carbocycles. The summed E-state index contributed by atoms with van der Waals surface area (Å²) in [6.45, 7) is 2.75. The molecule has 1 aromatic heterocycles. The highest BCUT2D eigenvalue weighted by atomic mass is 19.1. The SMILES string of the molecule is CCN(c1cccc(F)c1)c1ccc(N)c2ncccc12. The van der Waals surface area contributed by atoms with E-state index < -0.39 is 0 Å². The standard InChI is InChI=1S/C17H16FN3/c1-2-21(13-6-3-5-12(18)11-13)16-9-8-15(19)17-14(16)7-4-10-20-17/h3-11H,2,19H2,1H3. The predicted molar refractivity (Wildman–Crippen MR) is 85.2 cm³/mol. The molecule has 106 valence electrons. The molecule has 0 bridgehead atoms. The first-order chi connectivity index (χ1) is 10.2. The van der Waals surface area contributed by atoms with Crippen molar-refractivity contribution in [2.45, 2.75) is 6.92 Å². The molecule has 0 saturated heterocycles. The van der Waals surface area contributed by atoms with E-state index in [2.05, 4.69) is 4.98 Å². The lowest BCUT2D eigenvalue weighted by Gasteiger charge is -2.25. The number of rotatable bonds is 3. The van der Waals surface area contributed by atoms with Crippen molar-refractivity contribution < 1.29 is 4.39 Å². The van der Waals surface area contributed by atoms with Crippen LogP contribution < -0.4 is 10.6 Å². The second-order valence-corrected chi connectivity index (χ2v) is 4.80. The molecule has 0 aliphatic rings. The summed E-state index contributed by atoms with van der Waals surface area (Å²) < 4.78 is 13.5. The zero-order valence-electron chi connectivity index (χ0n) is 11.8. The number of fused-ring (bicyclic) bond motifs is 1. The number of aromatic nitrogens is 1. The van der Waals surface area contributed by atoms with Gasteiger partial charge in [-0.25, -0.2) is 4.39 Å². The Hall–Kier alpha value is -2.62. The third-order valence-electron chi connectivity index (χ3n) is 3.50. The van der Waals surface area contributed by atoms with Crippen LogP contribution in [0.4, 0.5) is 21.5 Å². The Kier molecular flexibility index (Phi) is 3.44. The maximum absolute atomic E-state index is 13.5. The number of nitrogen functional groups attached to an aromatic ring is 1. The third kappa shape index (κ3) is 2.40. The summed E-state index contributed by atoms with van der Waals surface area (Å²) in [6.07, 6.45) is 1.72. The minimum Gasteiger partial charge on any atom is -0.397 e. The summed E-state index contributed by atoms with van der Waals surface area (Å²) >= 11 is 0. The second kappa shape index (κ2) is 5.40. The number of hydrogen-bond donors (Lipinski definition) is 1. The van der Waals surface area contributed by atoms with Gasteiger partial charge >= 0.3 is 0 Å². The lowest BCUT2D eigenvalue weighted by Crippen LogP contribution is -2.16. The molecule has 0 unspecified atom stereocenters. The van der Waals surface area contributed by atoms with Gasteiger partial charge in [-0.2, -0.15) is 0 Å². The minimum absolute atomic E-state index is 0.246. The lowest BCUT2D eigenvalue weighted by atomic mass is 10.1. The molecule has 2 aromatic carbocycles. The fraction of sp³-hybridized carbons (Fsp3) is 0.118. The van der Waals surface area contributed by atoms with E-state index in [4.69, 9.17) is 5.73 Å². The van der Waals surface area contributed by atoms with Crippen LogP contribution in [0.1, 0.15) is 6.92 Å². The highest BCUT2D eigenvalue weighted by Gasteiger charge is 2.13. The molecule has 2 N–H and O–H groups in total. The molecule has 0 amide bonds. The van der Waals surface area contributed by atoms with E-state index in [1.165, 1.54) is 12.1 Å². The number of pyridine rings is 1. The largest absolute Gasteiger partial charge is 0.397 e. The first-order valence-corrected chi connectivity index (χ1v) is 6.87. The summed E-state index contributed by atoms with van der Waals surface area (Å²) in [5.41, 5.74) is 9.19. The van der Waals surface area contributed by atoms with Crippen molar-refractivity contribution in [2.24, 2.45) is 0 Å². The van der Waals surface area contributed by atoms with Crippen LogP contribution in [0.3, 0.4) is 0 Å². The van der Waals surface area contributed by atoms with Crippen molar-refractivity contribution >= 4 is 28.0 Å². The highest BCUT2D eigenvalue weighted by molar-refractivity contribution is 6.00. The molecule has 0 fully saturated rings. The van der Waals surface area contributed by atoms with Crippen molar-refractivity contribution in [3.05, 3.63) is 60.5 Å². The van der Waals surface area contributed by atoms with Crippen LogP contribution in [-0.4, -0.2) is 11.5 Å². The first kappa shape index (κ1) is 13.4. The van der Waals surface area contributed by atoms with Crippen LogP contribution >= 0.6 is 0 Å². The van der Waals surface area contributed by atoms with Crippen molar-refractivity contribution in [1.82, 2.24) is 4.98 Å². The van der Waals surface area contributed by atoms with Gasteiger partial charge in [-0.3, -0.25) is 4.98 Å². The Bertz CT molecular complexity index is 786. The highest BCUT2D eigenvalue weighted by Crippen LogP contribution is 2.33. The number of benzene rings is 2. The first-order valence-electron chi connectivity index (χ1n) is 6.87. The van der Waals surface area contributed by atoms with E-state index in [-0.39, 0.29) is 5.82 Å². The molecule has 1 heterocycles. The van der Waals surface area contributed by atoms with Crippen LogP contribution in [0.5, 0.6) is 0 Å². The average Bonchev–Trinajstić information content (AvgIpc) is 2.51. The third-order valence-corrected chi connectivity index (χ3v) is 3.50. The van der Waals surface area contributed by atoms with Gasteiger partial charge in [0.05, 0.1) is 16.9 Å². The Morgan fingerprint density at radius 3 is 2.76 bits per heavy atom. The Labute approximate surface area is 122 Å². The van der Waals surface area contributed by atoms with E-state index in [0.29, 0.717) is 5.69 Å². The molecular weight excluding hydrogens is 265 g/mol. The molecule has 0 aliphatic heterocycles. The van der Waals surface area contributed by atoms with Crippen molar-refractivity contribution in [3.8, 4) is 0 Å². The lowest BCUT2D eigenvalue weighted by molar-refractivity contribution is 0.627. The zero-order chi connectivity index (χ0) is 14.8. The molecule has 3 rings (SSSR count). The number of halogens is 1. The van der Waals surface area contributed by atoms with E-state index in [1.54, 1.807) is 12.3 Å². The van der Waals surface area contributed by atoms with E-state index >= 15 is 0 Å². The van der Waals surface area contributed by atoms with Crippen LogP contribution in [0.2, 0.25) is 0 Å². The minimum atomic E-state index is -0.246. The average molecular weight is 281 g/mol. The Morgan fingerprint density at radius 1 is 1.14 bits per heavy atom. The predicted octanol–water partition coefficient (Wildman–Crippen LogP) is 4.11. The van der Waals surface area contributed by atoms with Crippen LogP contribution in [-0.2, 0) is 0 Å². The summed E-state index contributed by atoms with van der Waals surface area (Å²) in [7, 11) is 0. The summed E-state index contributed by atoms with van der Waals surface area (Å²) in [5.74, 6) is -0.246. The van der Waals surface area contributed by atoms with E-state index in [0.717, 1.165) is 28.8 Å². The maximum atomic E-state index is 13.5. The molecule has 3 nitrogen and oxygen atoms in total. The van der Waals surface area contributed by atoms with Gasteiger partial charge in [-0.15, -0.1) is 0 Å². The second-order valence-electron chi connectivity index (χ2n) is 4.80. The van der Waals surface area contributed by atoms with E-state index in [1.807, 2.05) is 42.2 Å². The quantitative estimate of drug-likeness (QED) is 0.734.